The highest BCUT2D eigenvalue weighted by molar-refractivity contribution is 5.96. The van der Waals surface area contributed by atoms with Crippen LogP contribution in [0.2, 0.25) is 0 Å². The van der Waals surface area contributed by atoms with Gasteiger partial charge in [0.25, 0.3) is 0 Å². The van der Waals surface area contributed by atoms with E-state index in [2.05, 4.69) is 20.8 Å². The summed E-state index contributed by atoms with van der Waals surface area (Å²) in [6.07, 6.45) is 8.96. The molecule has 0 spiro atoms. The summed E-state index contributed by atoms with van der Waals surface area (Å²) in [5.74, 6) is 1.32. The summed E-state index contributed by atoms with van der Waals surface area (Å²) in [5, 5.41) is 0. The lowest BCUT2D eigenvalue weighted by atomic mass is 9.47. The molecule has 3 saturated carbocycles. The van der Waals surface area contributed by atoms with E-state index in [0.29, 0.717) is 23.9 Å². The normalized spacial score (nSPS) is 47.7. The maximum atomic E-state index is 13.1. The summed E-state index contributed by atoms with van der Waals surface area (Å²) in [6, 6.07) is 0. The van der Waals surface area contributed by atoms with Crippen molar-refractivity contribution in [3.8, 4) is 0 Å². The van der Waals surface area contributed by atoms with Gasteiger partial charge in [0.1, 0.15) is 5.78 Å². The Hall–Kier alpha value is -0.960. The standard InChI is InChI=1S/C21H30O3/c1-4-24-18-7-5-6-13-12-16(22)19-14-8-9-17(23)20(14,2)11-10-15(19)21(13,18)3/h12,14-15,18-19H,4-11H2,1-3H3/t14-,15-,18?,19-,20-,21-/m0/s1. The van der Waals surface area contributed by atoms with E-state index in [1.807, 2.05) is 6.08 Å². The van der Waals surface area contributed by atoms with Crippen LogP contribution in [0.3, 0.4) is 0 Å². The molecule has 0 saturated heterocycles. The molecule has 4 rings (SSSR count). The average Bonchev–Trinajstić information content (AvgIpc) is 2.85. The van der Waals surface area contributed by atoms with Crippen molar-refractivity contribution in [1.29, 1.82) is 0 Å². The molecule has 6 atom stereocenters. The predicted molar refractivity (Wildman–Crippen MR) is 92.5 cm³/mol. The average molecular weight is 330 g/mol. The quantitative estimate of drug-likeness (QED) is 0.765. The number of carbonyl (C=O) groups excluding carboxylic acids is 2. The zero-order chi connectivity index (χ0) is 17.1. The largest absolute Gasteiger partial charge is 0.378 e. The molecule has 0 bridgehead atoms. The van der Waals surface area contributed by atoms with Crippen molar-refractivity contribution in [3.63, 3.8) is 0 Å². The Morgan fingerprint density at radius 2 is 1.92 bits per heavy atom. The molecular weight excluding hydrogens is 300 g/mol. The monoisotopic (exact) mass is 330 g/mol. The number of hydrogen-bond donors (Lipinski definition) is 0. The second kappa shape index (κ2) is 5.52. The van der Waals surface area contributed by atoms with Crippen molar-refractivity contribution >= 4 is 11.6 Å². The highest BCUT2D eigenvalue weighted by Gasteiger charge is 2.62. The minimum Gasteiger partial charge on any atom is -0.378 e. The summed E-state index contributed by atoms with van der Waals surface area (Å²) in [4.78, 5) is 25.5. The fraction of sp³-hybridized carbons (Fsp3) is 0.810. The number of Topliss-reactive ketones (excluding diaryl/α,β-unsaturated/α-hetero) is 1. The van der Waals surface area contributed by atoms with Crippen LogP contribution in [0.5, 0.6) is 0 Å². The zero-order valence-corrected chi connectivity index (χ0v) is 15.3. The number of ketones is 2. The molecule has 0 aromatic carbocycles. The minimum atomic E-state index is -0.256. The van der Waals surface area contributed by atoms with Gasteiger partial charge in [-0.15, -0.1) is 0 Å². The molecule has 0 radical (unpaired) electrons. The van der Waals surface area contributed by atoms with Crippen LogP contribution in [-0.4, -0.2) is 24.3 Å². The number of carbonyl (C=O) groups is 2. The highest BCUT2D eigenvalue weighted by Crippen LogP contribution is 2.63. The molecule has 24 heavy (non-hydrogen) atoms. The van der Waals surface area contributed by atoms with Crippen LogP contribution in [0, 0.1) is 28.6 Å². The number of ether oxygens (including phenoxy) is 1. The Balaban J connectivity index is 1.77. The lowest BCUT2D eigenvalue weighted by Crippen LogP contribution is -2.57. The van der Waals surface area contributed by atoms with E-state index in [1.165, 1.54) is 5.57 Å². The molecule has 0 aromatic heterocycles. The molecule has 0 N–H and O–H groups in total. The van der Waals surface area contributed by atoms with Crippen molar-refractivity contribution in [1.82, 2.24) is 0 Å². The molecule has 0 heterocycles. The van der Waals surface area contributed by atoms with Gasteiger partial charge in [-0.25, -0.2) is 0 Å². The highest BCUT2D eigenvalue weighted by atomic mass is 16.5. The predicted octanol–water partition coefficient (Wildman–Crippen LogP) is 4.10. The van der Waals surface area contributed by atoms with E-state index in [4.69, 9.17) is 4.74 Å². The summed E-state index contributed by atoms with van der Waals surface area (Å²) in [6.45, 7) is 7.28. The first-order chi connectivity index (χ1) is 11.4. The first-order valence-corrected chi connectivity index (χ1v) is 9.82. The van der Waals surface area contributed by atoms with Gasteiger partial charge in [-0.05, 0) is 63.4 Å². The fourth-order valence-corrected chi connectivity index (χ4v) is 6.67. The minimum absolute atomic E-state index is 0.0141. The second-order valence-electron chi connectivity index (χ2n) is 8.85. The molecule has 3 nitrogen and oxygen atoms in total. The van der Waals surface area contributed by atoms with Crippen LogP contribution in [-0.2, 0) is 14.3 Å². The Morgan fingerprint density at radius 1 is 1.12 bits per heavy atom. The molecule has 0 amide bonds. The maximum Gasteiger partial charge on any atom is 0.159 e. The van der Waals surface area contributed by atoms with Crippen LogP contribution in [0.15, 0.2) is 11.6 Å². The molecule has 3 fully saturated rings. The van der Waals surface area contributed by atoms with Gasteiger partial charge in [-0.3, -0.25) is 9.59 Å². The van der Waals surface area contributed by atoms with Crippen LogP contribution in [0.1, 0.15) is 65.7 Å². The van der Waals surface area contributed by atoms with Gasteiger partial charge in [0, 0.05) is 29.8 Å². The Kier molecular flexibility index (Phi) is 3.80. The van der Waals surface area contributed by atoms with Gasteiger partial charge >= 0.3 is 0 Å². The number of hydrogen-bond acceptors (Lipinski definition) is 3. The van der Waals surface area contributed by atoms with Gasteiger partial charge in [-0.1, -0.05) is 19.4 Å². The van der Waals surface area contributed by atoms with E-state index >= 15 is 0 Å². The smallest absolute Gasteiger partial charge is 0.159 e. The van der Waals surface area contributed by atoms with Crippen molar-refractivity contribution in [3.05, 3.63) is 11.6 Å². The van der Waals surface area contributed by atoms with Crippen LogP contribution in [0.25, 0.3) is 0 Å². The van der Waals surface area contributed by atoms with Crippen LogP contribution < -0.4 is 0 Å². The second-order valence-corrected chi connectivity index (χ2v) is 8.85. The third-order valence-electron chi connectivity index (χ3n) is 8.04. The van der Waals surface area contributed by atoms with Gasteiger partial charge in [0.2, 0.25) is 0 Å². The van der Waals surface area contributed by atoms with Gasteiger partial charge in [-0.2, -0.15) is 0 Å². The van der Waals surface area contributed by atoms with E-state index in [-0.39, 0.29) is 28.8 Å². The Bertz CT molecular complexity index is 604. The molecule has 0 aromatic rings. The Labute approximate surface area is 145 Å². The molecule has 4 aliphatic carbocycles. The van der Waals surface area contributed by atoms with Crippen molar-refractivity contribution < 1.29 is 14.3 Å². The molecule has 1 unspecified atom stereocenters. The first-order valence-electron chi connectivity index (χ1n) is 9.82. The van der Waals surface area contributed by atoms with E-state index in [1.54, 1.807) is 0 Å². The van der Waals surface area contributed by atoms with Crippen molar-refractivity contribution in [2.75, 3.05) is 6.61 Å². The van der Waals surface area contributed by atoms with E-state index in [0.717, 1.165) is 45.1 Å². The van der Waals surface area contributed by atoms with Gasteiger partial charge in [0.15, 0.2) is 5.78 Å². The van der Waals surface area contributed by atoms with Crippen molar-refractivity contribution in [2.45, 2.75) is 71.8 Å². The molecule has 0 aliphatic heterocycles. The van der Waals surface area contributed by atoms with Gasteiger partial charge in [0.05, 0.1) is 6.10 Å². The third kappa shape index (κ3) is 2.00. The van der Waals surface area contributed by atoms with E-state index < -0.39 is 0 Å². The molecule has 3 heteroatoms. The summed E-state index contributed by atoms with van der Waals surface area (Å²) >= 11 is 0. The number of rotatable bonds is 2. The Morgan fingerprint density at radius 3 is 2.67 bits per heavy atom. The molecule has 132 valence electrons. The van der Waals surface area contributed by atoms with Gasteiger partial charge < -0.3 is 4.74 Å². The molecule has 4 aliphatic rings. The molecular formula is C21H30O3. The third-order valence-corrected chi connectivity index (χ3v) is 8.04. The lowest BCUT2D eigenvalue weighted by molar-refractivity contribution is -0.147. The summed E-state index contributed by atoms with van der Waals surface area (Å²) < 4.78 is 6.18. The number of fused-ring (bicyclic) bond motifs is 5. The lowest BCUT2D eigenvalue weighted by Gasteiger charge is -2.57. The SMILES string of the molecule is CCOC1CCCC2=CC(=O)[C@H]3[C@@H]4CCC(=O)[C@@]4(C)CC[C@@H]3[C@]21C. The fourth-order valence-electron chi connectivity index (χ4n) is 6.67. The van der Waals surface area contributed by atoms with Crippen LogP contribution in [0.4, 0.5) is 0 Å². The summed E-state index contributed by atoms with van der Waals surface area (Å²) in [5.41, 5.74) is 1.06. The number of allylic oxidation sites excluding steroid dienone is 1. The van der Waals surface area contributed by atoms with Crippen molar-refractivity contribution in [2.24, 2.45) is 28.6 Å². The topological polar surface area (TPSA) is 43.4 Å². The zero-order valence-electron chi connectivity index (χ0n) is 15.3. The maximum absolute atomic E-state index is 13.1. The van der Waals surface area contributed by atoms with E-state index in [9.17, 15) is 9.59 Å². The summed E-state index contributed by atoms with van der Waals surface area (Å²) in [7, 11) is 0. The van der Waals surface area contributed by atoms with Crippen LogP contribution >= 0.6 is 0 Å². The first kappa shape index (κ1) is 16.5.